The van der Waals surface area contributed by atoms with E-state index in [9.17, 15) is 9.59 Å². The number of carbonyl (C=O) groups excluding carboxylic acids is 1. The lowest BCUT2D eigenvalue weighted by atomic mass is 10.1. The van der Waals surface area contributed by atoms with E-state index in [1.165, 1.54) is 0 Å². The quantitative estimate of drug-likeness (QED) is 0.681. The predicted octanol–water partition coefficient (Wildman–Crippen LogP) is 4.19. The number of carboxylic acids is 1. The largest absolute Gasteiger partial charge is 0.482 e. The number of ether oxygens (including phenoxy) is 1. The van der Waals surface area contributed by atoms with Crippen LogP contribution in [0.5, 0.6) is 5.75 Å². The number of benzene rings is 2. The molecule has 26 heavy (non-hydrogen) atoms. The average molecular weight is 394 g/mol. The van der Waals surface area contributed by atoms with Crippen LogP contribution in [0.3, 0.4) is 0 Å². The molecule has 0 aliphatic rings. The maximum Gasteiger partial charge on any atom is 0.341 e. The molecule has 1 amide bonds. The molecule has 0 aromatic heterocycles. The Bertz CT molecular complexity index is 780. The summed E-state index contributed by atoms with van der Waals surface area (Å²) in [6.45, 7) is 2.07. The van der Waals surface area contributed by atoms with E-state index < -0.39 is 5.97 Å². The first kappa shape index (κ1) is 20.1. The maximum absolute atomic E-state index is 12.8. The zero-order valence-electron chi connectivity index (χ0n) is 14.6. The number of carboxylic acid groups (broad SMARTS) is 1. The fourth-order valence-electron chi connectivity index (χ4n) is 2.34. The van der Waals surface area contributed by atoms with Gasteiger partial charge in [0.1, 0.15) is 5.75 Å². The Balaban J connectivity index is 2.06. The summed E-state index contributed by atoms with van der Waals surface area (Å²) in [5.74, 6) is 0.221. The van der Waals surface area contributed by atoms with Crippen molar-refractivity contribution in [2.45, 2.75) is 18.4 Å². The standard InChI is InChI=1S/C19H20ClNO4S/c1-3-26-17-10-14(20)6-9-16(17)19(24)21(2)11-13-4-7-15(8-5-13)25-12-18(22)23/h4-10H,3,11-12H2,1-2H3,(H,22,23). The highest BCUT2D eigenvalue weighted by Crippen LogP contribution is 2.27. The van der Waals surface area contributed by atoms with E-state index >= 15 is 0 Å². The van der Waals surface area contributed by atoms with Crippen LogP contribution >= 0.6 is 23.4 Å². The first-order valence-corrected chi connectivity index (χ1v) is 9.38. The second-order valence-electron chi connectivity index (χ2n) is 5.56. The topological polar surface area (TPSA) is 66.8 Å². The van der Waals surface area contributed by atoms with Gasteiger partial charge in [0.25, 0.3) is 5.91 Å². The smallest absolute Gasteiger partial charge is 0.341 e. The molecule has 0 saturated carbocycles. The molecule has 0 heterocycles. The van der Waals surface area contributed by atoms with Crippen LogP contribution in [0.25, 0.3) is 0 Å². The Labute approximate surface area is 161 Å². The molecule has 2 aromatic carbocycles. The van der Waals surface area contributed by atoms with E-state index in [4.69, 9.17) is 21.4 Å². The number of nitrogens with zero attached hydrogens (tertiary/aromatic N) is 1. The summed E-state index contributed by atoms with van der Waals surface area (Å²) in [5.41, 5.74) is 1.55. The Hall–Kier alpha value is -2.18. The third-order valence-corrected chi connectivity index (χ3v) is 4.70. The van der Waals surface area contributed by atoms with Crippen LogP contribution < -0.4 is 4.74 Å². The summed E-state index contributed by atoms with van der Waals surface area (Å²) in [6, 6.07) is 12.3. The Morgan fingerprint density at radius 1 is 1.19 bits per heavy atom. The molecule has 0 unspecified atom stereocenters. The molecule has 0 saturated heterocycles. The van der Waals surface area contributed by atoms with Crippen molar-refractivity contribution in [1.29, 1.82) is 0 Å². The zero-order chi connectivity index (χ0) is 19.1. The fraction of sp³-hybridized carbons (Fsp3) is 0.263. The van der Waals surface area contributed by atoms with Gasteiger partial charge >= 0.3 is 5.97 Å². The van der Waals surface area contributed by atoms with Crippen molar-refractivity contribution in [1.82, 2.24) is 4.90 Å². The van der Waals surface area contributed by atoms with Crippen molar-refractivity contribution in [3.05, 3.63) is 58.6 Å². The van der Waals surface area contributed by atoms with Gasteiger partial charge in [-0.05, 0) is 41.6 Å². The summed E-state index contributed by atoms with van der Waals surface area (Å²) in [5, 5.41) is 9.22. The number of thioether (sulfide) groups is 1. The van der Waals surface area contributed by atoms with E-state index in [0.29, 0.717) is 22.9 Å². The number of halogens is 1. The SMILES string of the molecule is CCSc1cc(Cl)ccc1C(=O)N(C)Cc1ccc(OCC(=O)O)cc1. The maximum atomic E-state index is 12.8. The third-order valence-electron chi connectivity index (χ3n) is 3.53. The van der Waals surface area contributed by atoms with Gasteiger partial charge in [0, 0.05) is 23.5 Å². The van der Waals surface area contributed by atoms with Gasteiger partial charge in [-0.3, -0.25) is 4.79 Å². The first-order chi connectivity index (χ1) is 12.4. The second kappa shape index (κ2) is 9.50. The lowest BCUT2D eigenvalue weighted by molar-refractivity contribution is -0.139. The van der Waals surface area contributed by atoms with Gasteiger partial charge < -0.3 is 14.7 Å². The van der Waals surface area contributed by atoms with Crippen molar-refractivity contribution in [2.24, 2.45) is 0 Å². The molecular weight excluding hydrogens is 374 g/mol. The van der Waals surface area contributed by atoms with Crippen LogP contribution in [0.2, 0.25) is 5.02 Å². The molecule has 0 atom stereocenters. The molecule has 0 aliphatic carbocycles. The number of hydrogen-bond donors (Lipinski definition) is 1. The summed E-state index contributed by atoms with van der Waals surface area (Å²) in [4.78, 5) is 25.8. The number of rotatable bonds is 8. The average Bonchev–Trinajstić information content (AvgIpc) is 2.61. The van der Waals surface area contributed by atoms with Crippen LogP contribution in [0.15, 0.2) is 47.4 Å². The first-order valence-electron chi connectivity index (χ1n) is 8.02. The summed E-state index contributed by atoms with van der Waals surface area (Å²) in [6.07, 6.45) is 0. The minimum Gasteiger partial charge on any atom is -0.482 e. The molecule has 5 nitrogen and oxygen atoms in total. The van der Waals surface area contributed by atoms with Gasteiger partial charge in [-0.25, -0.2) is 4.79 Å². The van der Waals surface area contributed by atoms with E-state index in [1.54, 1.807) is 48.0 Å². The lowest BCUT2D eigenvalue weighted by Gasteiger charge is -2.19. The molecule has 1 N–H and O–H groups in total. The molecule has 0 radical (unpaired) electrons. The molecule has 2 aromatic rings. The van der Waals surface area contributed by atoms with Crippen LogP contribution in [0.4, 0.5) is 0 Å². The monoisotopic (exact) mass is 393 g/mol. The van der Waals surface area contributed by atoms with Gasteiger partial charge in [0.2, 0.25) is 0 Å². The van der Waals surface area contributed by atoms with E-state index in [1.807, 2.05) is 25.1 Å². The van der Waals surface area contributed by atoms with Gasteiger partial charge in [-0.2, -0.15) is 0 Å². The lowest BCUT2D eigenvalue weighted by Crippen LogP contribution is -2.26. The van der Waals surface area contributed by atoms with Gasteiger partial charge in [0.15, 0.2) is 6.61 Å². The third kappa shape index (κ3) is 5.68. The van der Waals surface area contributed by atoms with Crippen LogP contribution in [0.1, 0.15) is 22.8 Å². The Morgan fingerprint density at radius 3 is 2.50 bits per heavy atom. The van der Waals surface area contributed by atoms with E-state index in [-0.39, 0.29) is 12.5 Å². The van der Waals surface area contributed by atoms with Crippen LogP contribution in [-0.4, -0.2) is 41.3 Å². The molecule has 2 rings (SSSR count). The van der Waals surface area contributed by atoms with Crippen molar-refractivity contribution >= 4 is 35.2 Å². The normalized spacial score (nSPS) is 10.4. The highest BCUT2D eigenvalue weighted by Gasteiger charge is 2.16. The van der Waals surface area contributed by atoms with Crippen LogP contribution in [0, 0.1) is 0 Å². The second-order valence-corrected chi connectivity index (χ2v) is 7.30. The molecular formula is C19H20ClNO4S. The molecule has 0 spiro atoms. The van der Waals surface area contributed by atoms with Gasteiger partial charge in [0.05, 0.1) is 5.56 Å². The number of aliphatic carboxylic acids is 1. The molecule has 7 heteroatoms. The van der Waals surface area contributed by atoms with Crippen molar-refractivity contribution in [2.75, 3.05) is 19.4 Å². The molecule has 0 aliphatic heterocycles. The molecule has 138 valence electrons. The predicted molar refractivity (Wildman–Crippen MR) is 103 cm³/mol. The molecule has 0 fully saturated rings. The highest BCUT2D eigenvalue weighted by atomic mass is 35.5. The van der Waals surface area contributed by atoms with Crippen molar-refractivity contribution in [3.63, 3.8) is 0 Å². The summed E-state index contributed by atoms with van der Waals surface area (Å²) in [7, 11) is 1.74. The van der Waals surface area contributed by atoms with Gasteiger partial charge in [-0.1, -0.05) is 30.7 Å². The molecule has 0 bridgehead atoms. The Kier molecular flexibility index (Phi) is 7.36. The minimum absolute atomic E-state index is 0.0798. The minimum atomic E-state index is -1.02. The zero-order valence-corrected chi connectivity index (χ0v) is 16.1. The number of amides is 1. The summed E-state index contributed by atoms with van der Waals surface area (Å²) < 4.78 is 5.10. The van der Waals surface area contributed by atoms with Crippen LogP contribution in [-0.2, 0) is 11.3 Å². The number of carbonyl (C=O) groups is 2. The van der Waals surface area contributed by atoms with E-state index in [2.05, 4.69) is 0 Å². The Morgan fingerprint density at radius 2 is 1.88 bits per heavy atom. The fourth-order valence-corrected chi connectivity index (χ4v) is 3.40. The van der Waals surface area contributed by atoms with Gasteiger partial charge in [-0.15, -0.1) is 11.8 Å². The number of hydrogen-bond acceptors (Lipinski definition) is 4. The van der Waals surface area contributed by atoms with E-state index in [0.717, 1.165) is 16.2 Å². The highest BCUT2D eigenvalue weighted by molar-refractivity contribution is 7.99. The summed E-state index contributed by atoms with van der Waals surface area (Å²) >= 11 is 7.62. The van der Waals surface area contributed by atoms with Crippen molar-refractivity contribution in [3.8, 4) is 5.75 Å². The van der Waals surface area contributed by atoms with Crippen molar-refractivity contribution < 1.29 is 19.4 Å².